The molecule has 0 aliphatic rings. The van der Waals surface area contributed by atoms with Crippen molar-refractivity contribution < 1.29 is 13.9 Å². The van der Waals surface area contributed by atoms with Gasteiger partial charge in [-0.1, -0.05) is 102 Å². The van der Waals surface area contributed by atoms with E-state index in [-0.39, 0.29) is 6.42 Å². The number of carbonyl (C=O) groups is 1. The fourth-order valence-electron chi connectivity index (χ4n) is 4.41. The smallest absolute Gasteiger partial charge is 0.348 e. The summed E-state index contributed by atoms with van der Waals surface area (Å²) in [4.78, 5) is 21.2. The molecule has 2 aromatic carbocycles. The number of alkyl halides is 1. The number of halogens is 1. The summed E-state index contributed by atoms with van der Waals surface area (Å²) in [6, 6.07) is 15.5. The maximum absolute atomic E-state index is 14.4. The van der Waals surface area contributed by atoms with Crippen LogP contribution in [0.25, 0.3) is 22.5 Å². The lowest BCUT2D eigenvalue weighted by atomic mass is 10.0. The molecule has 0 saturated heterocycles. The lowest BCUT2D eigenvalue weighted by Gasteiger charge is -2.17. The van der Waals surface area contributed by atoms with Gasteiger partial charge in [-0.15, -0.1) is 0 Å². The molecule has 0 fully saturated rings. The SMILES string of the molecule is CCCCCCCCCCc1ccc(-c2ncc(-c3ccc(OC(=O)C(C)(F)CCC)cc3)cn2)cc1. The molecule has 5 heteroatoms. The van der Waals surface area contributed by atoms with Crippen LogP contribution in [0, 0.1) is 0 Å². The second-order valence-corrected chi connectivity index (χ2v) is 10.1. The van der Waals surface area contributed by atoms with E-state index < -0.39 is 11.6 Å². The van der Waals surface area contributed by atoms with E-state index in [0.29, 0.717) is 18.0 Å². The number of aryl methyl sites for hydroxylation is 1. The van der Waals surface area contributed by atoms with Crippen molar-refractivity contribution in [1.82, 2.24) is 9.97 Å². The molecule has 0 radical (unpaired) electrons. The number of ether oxygens (including phenoxy) is 1. The number of aromatic nitrogens is 2. The summed E-state index contributed by atoms with van der Waals surface area (Å²) in [5.74, 6) is 0.142. The van der Waals surface area contributed by atoms with Crippen LogP contribution in [0.15, 0.2) is 60.9 Å². The molecule has 3 aromatic rings. The van der Waals surface area contributed by atoms with E-state index in [1.807, 2.05) is 19.1 Å². The number of hydrogen-bond acceptors (Lipinski definition) is 4. The van der Waals surface area contributed by atoms with Gasteiger partial charge in [0, 0.05) is 23.5 Å². The normalized spacial score (nSPS) is 12.8. The number of hydrogen-bond donors (Lipinski definition) is 0. The highest BCUT2D eigenvalue weighted by Gasteiger charge is 2.34. The molecular formula is C32H41FN2O2. The Labute approximate surface area is 221 Å². The van der Waals surface area contributed by atoms with Crippen molar-refractivity contribution in [1.29, 1.82) is 0 Å². The number of benzene rings is 2. The first kappa shape index (κ1) is 28.5. The zero-order valence-electron chi connectivity index (χ0n) is 22.6. The summed E-state index contributed by atoms with van der Waals surface area (Å²) in [6.45, 7) is 5.35. The molecule has 1 unspecified atom stereocenters. The first-order valence-corrected chi connectivity index (χ1v) is 13.9. The topological polar surface area (TPSA) is 52.1 Å². The van der Waals surface area contributed by atoms with Gasteiger partial charge in [-0.05, 0) is 49.4 Å². The van der Waals surface area contributed by atoms with E-state index in [1.165, 1.54) is 63.9 Å². The van der Waals surface area contributed by atoms with Crippen molar-refractivity contribution in [2.24, 2.45) is 0 Å². The van der Waals surface area contributed by atoms with Crippen LogP contribution in [-0.4, -0.2) is 21.6 Å². The van der Waals surface area contributed by atoms with E-state index in [4.69, 9.17) is 4.74 Å². The van der Waals surface area contributed by atoms with Gasteiger partial charge in [-0.2, -0.15) is 0 Å². The minimum absolute atomic E-state index is 0.135. The maximum Gasteiger partial charge on any atom is 0.348 e. The lowest BCUT2D eigenvalue weighted by Crippen LogP contribution is -2.34. The second-order valence-electron chi connectivity index (χ2n) is 10.1. The number of esters is 1. The standard InChI is InChI=1S/C32H41FN2O2/c1-4-6-7-8-9-10-11-12-13-25-14-16-27(17-15-25)30-34-23-28(24-35-30)26-18-20-29(21-19-26)37-31(36)32(3,33)22-5-2/h14-21,23-24H,4-13,22H2,1-3H3. The Morgan fingerprint density at radius 3 is 1.92 bits per heavy atom. The number of rotatable bonds is 15. The minimum atomic E-state index is -1.98. The molecule has 0 aliphatic carbocycles. The van der Waals surface area contributed by atoms with Gasteiger partial charge in [0.25, 0.3) is 0 Å². The molecule has 37 heavy (non-hydrogen) atoms. The molecule has 1 atom stereocenters. The van der Waals surface area contributed by atoms with Crippen molar-refractivity contribution in [3.8, 4) is 28.3 Å². The third-order valence-electron chi connectivity index (χ3n) is 6.73. The highest BCUT2D eigenvalue weighted by atomic mass is 19.1. The minimum Gasteiger partial charge on any atom is -0.424 e. The highest BCUT2D eigenvalue weighted by Crippen LogP contribution is 2.26. The summed E-state index contributed by atoms with van der Waals surface area (Å²) in [6.07, 6.45) is 16.1. The van der Waals surface area contributed by atoms with Gasteiger partial charge in [0.1, 0.15) is 5.75 Å². The van der Waals surface area contributed by atoms with Crippen molar-refractivity contribution in [2.45, 2.75) is 97.1 Å². The fraction of sp³-hybridized carbons (Fsp3) is 0.469. The molecule has 0 saturated carbocycles. The zero-order chi connectivity index (χ0) is 26.5. The first-order valence-electron chi connectivity index (χ1n) is 13.9. The molecule has 0 N–H and O–H groups in total. The van der Waals surface area contributed by atoms with Crippen LogP contribution in [0.1, 0.15) is 90.5 Å². The predicted octanol–water partition coefficient (Wildman–Crippen LogP) is 8.93. The molecular weight excluding hydrogens is 463 g/mol. The van der Waals surface area contributed by atoms with E-state index >= 15 is 0 Å². The Bertz CT molecular complexity index is 1080. The average Bonchev–Trinajstić information content (AvgIpc) is 2.91. The van der Waals surface area contributed by atoms with Crippen LogP contribution < -0.4 is 4.74 Å². The van der Waals surface area contributed by atoms with E-state index in [0.717, 1.165) is 23.1 Å². The summed E-state index contributed by atoms with van der Waals surface area (Å²) in [7, 11) is 0. The Kier molecular flexibility index (Phi) is 11.2. The fourth-order valence-corrected chi connectivity index (χ4v) is 4.41. The zero-order valence-corrected chi connectivity index (χ0v) is 22.6. The number of unbranched alkanes of at least 4 members (excludes halogenated alkanes) is 7. The molecule has 0 bridgehead atoms. The first-order chi connectivity index (χ1) is 17.9. The maximum atomic E-state index is 14.4. The predicted molar refractivity (Wildman–Crippen MR) is 149 cm³/mol. The van der Waals surface area contributed by atoms with Gasteiger partial charge in [-0.3, -0.25) is 0 Å². The Balaban J connectivity index is 1.49. The number of nitrogens with zero attached hydrogens (tertiary/aromatic N) is 2. The van der Waals surface area contributed by atoms with Crippen molar-refractivity contribution in [3.63, 3.8) is 0 Å². The van der Waals surface area contributed by atoms with E-state index in [1.54, 1.807) is 24.5 Å². The molecule has 3 rings (SSSR count). The summed E-state index contributed by atoms with van der Waals surface area (Å²) in [5, 5.41) is 0. The van der Waals surface area contributed by atoms with E-state index in [2.05, 4.69) is 41.2 Å². The molecule has 1 aromatic heterocycles. The summed E-state index contributed by atoms with van der Waals surface area (Å²) in [5.41, 5.74) is 2.12. The molecule has 198 valence electrons. The van der Waals surface area contributed by atoms with E-state index in [9.17, 15) is 9.18 Å². The molecule has 4 nitrogen and oxygen atoms in total. The lowest BCUT2D eigenvalue weighted by molar-refractivity contribution is -0.147. The van der Waals surface area contributed by atoms with Crippen molar-refractivity contribution >= 4 is 5.97 Å². The number of carbonyl (C=O) groups excluding carboxylic acids is 1. The Morgan fingerprint density at radius 1 is 0.757 bits per heavy atom. The van der Waals surface area contributed by atoms with Crippen LogP contribution in [0.2, 0.25) is 0 Å². The second kappa shape index (κ2) is 14.6. The summed E-state index contributed by atoms with van der Waals surface area (Å²) < 4.78 is 19.6. The quantitative estimate of drug-likeness (QED) is 0.118. The van der Waals surface area contributed by atoms with Gasteiger partial charge >= 0.3 is 5.97 Å². The average molecular weight is 505 g/mol. The van der Waals surface area contributed by atoms with Crippen molar-refractivity contribution in [2.75, 3.05) is 0 Å². The van der Waals surface area contributed by atoms with Gasteiger partial charge in [0.05, 0.1) is 0 Å². The van der Waals surface area contributed by atoms with Gasteiger partial charge in [0.2, 0.25) is 5.67 Å². The Morgan fingerprint density at radius 2 is 1.32 bits per heavy atom. The van der Waals surface area contributed by atoms with Gasteiger partial charge < -0.3 is 4.74 Å². The molecule has 0 amide bonds. The third kappa shape index (κ3) is 9.07. The van der Waals surface area contributed by atoms with Crippen molar-refractivity contribution in [3.05, 3.63) is 66.5 Å². The Hall–Kier alpha value is -3.08. The van der Waals surface area contributed by atoms with Crippen LogP contribution in [0.3, 0.4) is 0 Å². The molecule has 0 spiro atoms. The van der Waals surface area contributed by atoms with Crippen LogP contribution in [-0.2, 0) is 11.2 Å². The van der Waals surface area contributed by atoms with Gasteiger partial charge in [0.15, 0.2) is 5.82 Å². The van der Waals surface area contributed by atoms with Crippen LogP contribution >= 0.6 is 0 Å². The summed E-state index contributed by atoms with van der Waals surface area (Å²) >= 11 is 0. The molecule has 0 aliphatic heterocycles. The van der Waals surface area contributed by atoms with Crippen LogP contribution in [0.4, 0.5) is 4.39 Å². The van der Waals surface area contributed by atoms with Crippen LogP contribution in [0.5, 0.6) is 5.75 Å². The largest absolute Gasteiger partial charge is 0.424 e. The van der Waals surface area contributed by atoms with Gasteiger partial charge in [-0.25, -0.2) is 19.2 Å². The highest BCUT2D eigenvalue weighted by molar-refractivity contribution is 5.81. The molecule has 1 heterocycles. The third-order valence-corrected chi connectivity index (χ3v) is 6.73. The monoisotopic (exact) mass is 504 g/mol.